The highest BCUT2D eigenvalue weighted by Gasteiger charge is 2.20. The average molecular weight is 599 g/mol. The molecule has 0 saturated heterocycles. The van der Waals surface area contributed by atoms with Gasteiger partial charge >= 0.3 is 0 Å². The van der Waals surface area contributed by atoms with Crippen molar-refractivity contribution in [2.24, 2.45) is 0 Å². The van der Waals surface area contributed by atoms with Crippen LogP contribution in [-0.4, -0.2) is 9.13 Å². The Morgan fingerprint density at radius 1 is 0.319 bits per heavy atom. The number of rotatable bonds is 2. The van der Waals surface area contributed by atoms with Crippen LogP contribution in [0, 0.1) is 0 Å². The average Bonchev–Trinajstić information content (AvgIpc) is 3.76. The third kappa shape index (κ3) is 3.40. The second-order valence-corrected chi connectivity index (χ2v) is 12.6. The Balaban J connectivity index is 1.28. The summed E-state index contributed by atoms with van der Waals surface area (Å²) in [6.45, 7) is 0. The van der Waals surface area contributed by atoms with Crippen molar-refractivity contribution in [3.05, 3.63) is 158 Å². The van der Waals surface area contributed by atoms with Crippen LogP contribution in [0.3, 0.4) is 0 Å². The van der Waals surface area contributed by atoms with Gasteiger partial charge in [0, 0.05) is 49.8 Å². The smallest absolute Gasteiger partial charge is 0.137 e. The van der Waals surface area contributed by atoms with Crippen molar-refractivity contribution in [2.45, 2.75) is 0 Å². The number of aromatic nitrogens is 2. The van der Waals surface area contributed by atoms with E-state index in [-0.39, 0.29) is 0 Å². The zero-order valence-corrected chi connectivity index (χ0v) is 25.3. The Morgan fingerprint density at radius 3 is 1.87 bits per heavy atom. The number of furan rings is 1. The molecule has 0 saturated carbocycles. The fourth-order valence-electron chi connectivity index (χ4n) is 7.97. The molecule has 0 unspecified atom stereocenters. The normalized spacial score (nSPS) is 12.3. The summed E-state index contributed by atoms with van der Waals surface area (Å²) in [4.78, 5) is 0. The van der Waals surface area contributed by atoms with E-state index < -0.39 is 0 Å². The van der Waals surface area contributed by atoms with Gasteiger partial charge in [-0.25, -0.2) is 0 Å². The lowest BCUT2D eigenvalue weighted by Gasteiger charge is -2.10. The van der Waals surface area contributed by atoms with Crippen molar-refractivity contribution in [1.29, 1.82) is 0 Å². The van der Waals surface area contributed by atoms with E-state index in [0.717, 1.165) is 33.3 Å². The summed E-state index contributed by atoms with van der Waals surface area (Å²) in [7, 11) is 0. The van der Waals surface area contributed by atoms with Gasteiger partial charge in [0.15, 0.2) is 0 Å². The molecule has 47 heavy (non-hydrogen) atoms. The molecule has 0 aliphatic rings. The highest BCUT2D eigenvalue weighted by atomic mass is 16.3. The summed E-state index contributed by atoms with van der Waals surface area (Å²) in [5.74, 6) is 0. The lowest BCUT2D eigenvalue weighted by Crippen LogP contribution is -1.95. The van der Waals surface area contributed by atoms with E-state index in [4.69, 9.17) is 4.42 Å². The maximum Gasteiger partial charge on any atom is 0.137 e. The second-order valence-electron chi connectivity index (χ2n) is 12.6. The molecular weight excluding hydrogens is 572 g/mol. The lowest BCUT2D eigenvalue weighted by atomic mass is 10.0. The number of hydrogen-bond donors (Lipinski definition) is 0. The number of nitrogens with zero attached hydrogens (tertiary/aromatic N) is 2. The number of para-hydroxylation sites is 2. The molecule has 0 atom stereocenters. The maximum absolute atomic E-state index is 6.56. The minimum absolute atomic E-state index is 0.892. The van der Waals surface area contributed by atoms with Gasteiger partial charge in [-0.1, -0.05) is 91.0 Å². The van der Waals surface area contributed by atoms with Crippen LogP contribution < -0.4 is 0 Å². The van der Waals surface area contributed by atoms with Crippen LogP contribution in [0.1, 0.15) is 0 Å². The van der Waals surface area contributed by atoms with Gasteiger partial charge in [-0.2, -0.15) is 0 Å². The Kier molecular flexibility index (Phi) is 4.84. The minimum atomic E-state index is 0.892. The van der Waals surface area contributed by atoms with Crippen LogP contribution in [0.15, 0.2) is 162 Å². The number of benzene rings is 8. The first-order valence-electron chi connectivity index (χ1n) is 16.1. The summed E-state index contributed by atoms with van der Waals surface area (Å²) in [5, 5.41) is 12.2. The van der Waals surface area contributed by atoms with Crippen LogP contribution in [0.25, 0.3) is 98.5 Å². The fraction of sp³-hybridized carbons (Fsp3) is 0. The summed E-state index contributed by atoms with van der Waals surface area (Å²) in [6, 6.07) is 57.1. The zero-order chi connectivity index (χ0) is 30.6. The van der Waals surface area contributed by atoms with E-state index >= 15 is 0 Å². The number of hydrogen-bond acceptors (Lipinski definition) is 1. The SMILES string of the molecule is c1ccc(-n2c3ccccc3c3cc4c5c6ccccc6ccc5n(-c5ccc6c(c5)oc5cc7ccccc7cc56)c4cc32)cc1. The van der Waals surface area contributed by atoms with Gasteiger partial charge in [-0.3, -0.25) is 0 Å². The first kappa shape index (κ1) is 24.9. The van der Waals surface area contributed by atoms with Gasteiger partial charge in [-0.15, -0.1) is 0 Å². The molecule has 3 heteroatoms. The first-order valence-corrected chi connectivity index (χ1v) is 16.1. The highest BCUT2D eigenvalue weighted by molar-refractivity contribution is 6.25. The molecule has 0 radical (unpaired) electrons. The van der Waals surface area contributed by atoms with E-state index in [2.05, 4.69) is 167 Å². The predicted octanol–water partition coefficient (Wildman–Crippen LogP) is 12.1. The van der Waals surface area contributed by atoms with Crippen molar-refractivity contribution in [1.82, 2.24) is 9.13 Å². The van der Waals surface area contributed by atoms with Crippen LogP contribution in [0.2, 0.25) is 0 Å². The van der Waals surface area contributed by atoms with Crippen molar-refractivity contribution in [2.75, 3.05) is 0 Å². The molecule has 11 aromatic rings. The van der Waals surface area contributed by atoms with Crippen molar-refractivity contribution < 1.29 is 4.42 Å². The lowest BCUT2D eigenvalue weighted by molar-refractivity contribution is 0.669. The Hall–Kier alpha value is -6.32. The molecule has 0 aliphatic carbocycles. The summed E-state index contributed by atoms with van der Waals surface area (Å²) >= 11 is 0. The van der Waals surface area contributed by atoms with Crippen LogP contribution in [0.5, 0.6) is 0 Å². The van der Waals surface area contributed by atoms with Gasteiger partial charge in [-0.05, 0) is 82.2 Å². The summed E-state index contributed by atoms with van der Waals surface area (Å²) in [5.41, 5.74) is 8.79. The Bertz CT molecular complexity index is 3070. The third-order valence-corrected chi connectivity index (χ3v) is 10.0. The number of fused-ring (bicyclic) bond motifs is 12. The van der Waals surface area contributed by atoms with Crippen molar-refractivity contribution >= 4 is 87.1 Å². The molecule has 3 aromatic heterocycles. The topological polar surface area (TPSA) is 23.0 Å². The molecule has 3 heterocycles. The van der Waals surface area contributed by atoms with Crippen LogP contribution >= 0.6 is 0 Å². The first-order chi connectivity index (χ1) is 23.3. The summed E-state index contributed by atoms with van der Waals surface area (Å²) < 4.78 is 11.4. The monoisotopic (exact) mass is 598 g/mol. The largest absolute Gasteiger partial charge is 0.456 e. The van der Waals surface area contributed by atoms with E-state index in [1.54, 1.807) is 0 Å². The van der Waals surface area contributed by atoms with Gasteiger partial charge in [0.1, 0.15) is 11.2 Å². The maximum atomic E-state index is 6.56. The van der Waals surface area contributed by atoms with Gasteiger partial charge in [0.25, 0.3) is 0 Å². The molecular formula is C44H26N2O. The highest BCUT2D eigenvalue weighted by Crippen LogP contribution is 2.42. The standard InChI is InChI=1S/C44H26N2O/c1-2-13-30(14-3-1)45-38-17-9-8-16-33(38)35-25-37-41(26-40(35)45)46(39-21-18-27-10-6-7-15-32(27)44(37)39)31-19-20-34-36-22-28-11-4-5-12-29(28)23-42(36)47-43(34)24-31/h1-26H. The minimum Gasteiger partial charge on any atom is -0.456 e. The van der Waals surface area contributed by atoms with E-state index in [0.29, 0.717) is 0 Å². The predicted molar refractivity (Wildman–Crippen MR) is 197 cm³/mol. The molecule has 218 valence electrons. The summed E-state index contributed by atoms with van der Waals surface area (Å²) in [6.07, 6.45) is 0. The molecule has 8 aromatic carbocycles. The van der Waals surface area contributed by atoms with E-state index in [1.165, 1.54) is 65.2 Å². The van der Waals surface area contributed by atoms with Gasteiger partial charge < -0.3 is 13.6 Å². The Labute approximate surface area is 269 Å². The van der Waals surface area contributed by atoms with E-state index in [1.807, 2.05) is 0 Å². The van der Waals surface area contributed by atoms with Gasteiger partial charge in [0.2, 0.25) is 0 Å². The second kappa shape index (κ2) is 9.12. The molecule has 0 N–H and O–H groups in total. The van der Waals surface area contributed by atoms with Crippen LogP contribution in [0.4, 0.5) is 0 Å². The van der Waals surface area contributed by atoms with E-state index in [9.17, 15) is 0 Å². The molecule has 0 bridgehead atoms. The molecule has 0 aliphatic heterocycles. The third-order valence-electron chi connectivity index (χ3n) is 10.0. The molecule has 0 spiro atoms. The molecule has 11 rings (SSSR count). The van der Waals surface area contributed by atoms with Gasteiger partial charge in [0.05, 0.1) is 22.1 Å². The van der Waals surface area contributed by atoms with Crippen molar-refractivity contribution in [3.8, 4) is 11.4 Å². The molecule has 3 nitrogen and oxygen atoms in total. The van der Waals surface area contributed by atoms with Crippen LogP contribution in [-0.2, 0) is 0 Å². The van der Waals surface area contributed by atoms with Crippen molar-refractivity contribution in [3.63, 3.8) is 0 Å². The molecule has 0 fully saturated rings. The molecule has 0 amide bonds. The quantitative estimate of drug-likeness (QED) is 0.194. The zero-order valence-electron chi connectivity index (χ0n) is 25.3. The Morgan fingerprint density at radius 2 is 1.00 bits per heavy atom. The fourth-order valence-corrected chi connectivity index (χ4v) is 7.97.